The van der Waals surface area contributed by atoms with Crippen LogP contribution in [0.1, 0.15) is 32.1 Å². The first-order valence-electron chi connectivity index (χ1n) is 5.88. The normalized spacial score (nSPS) is 19.6. The molecule has 0 unspecified atom stereocenters. The molecular weight excluding hydrogens is 220 g/mol. The quantitative estimate of drug-likeness (QED) is 0.819. The first kappa shape index (κ1) is 11.7. The zero-order chi connectivity index (χ0) is 11.4. The molecule has 16 heavy (non-hydrogen) atoms. The third kappa shape index (κ3) is 2.48. The summed E-state index contributed by atoms with van der Waals surface area (Å²) in [5.41, 5.74) is 0.0584. The zero-order valence-corrected chi connectivity index (χ0v) is 10.3. The molecule has 0 N–H and O–H groups in total. The molecule has 1 aromatic heterocycles. The molecule has 0 spiro atoms. The Balaban J connectivity index is 2.18. The van der Waals surface area contributed by atoms with E-state index < -0.39 is 0 Å². The maximum absolute atomic E-state index is 11.6. The molecule has 2 rings (SSSR count). The molecule has 88 valence electrons. The van der Waals surface area contributed by atoms with Crippen LogP contribution in [0.15, 0.2) is 23.3 Å². The summed E-state index contributed by atoms with van der Waals surface area (Å²) in [6.45, 7) is 0.767. The van der Waals surface area contributed by atoms with Gasteiger partial charge < -0.3 is 0 Å². The molecule has 1 aliphatic carbocycles. The molecule has 0 bridgehead atoms. The van der Waals surface area contributed by atoms with Gasteiger partial charge in [0.15, 0.2) is 0 Å². The molecule has 0 saturated heterocycles. The molecule has 1 saturated carbocycles. The molecule has 1 aromatic rings. The van der Waals surface area contributed by atoms with Crippen molar-refractivity contribution in [2.75, 3.05) is 5.75 Å². The summed E-state index contributed by atoms with van der Waals surface area (Å²) in [6.07, 6.45) is 9.57. The van der Waals surface area contributed by atoms with Crippen molar-refractivity contribution in [2.24, 2.45) is 5.41 Å². The predicted molar refractivity (Wildman–Crippen MR) is 67.9 cm³/mol. The Bertz CT molecular complexity index is 396. The molecule has 0 amide bonds. The standard InChI is InChI=1S/C12H18N2OS/c15-11-13-7-4-8-14(11)9-12(10-16)5-2-1-3-6-12/h4,7-8,16H,1-3,5-6,9-10H2. The lowest BCUT2D eigenvalue weighted by molar-refractivity contribution is 0.187. The molecular formula is C12H18N2OS. The number of rotatable bonds is 3. The van der Waals surface area contributed by atoms with Crippen molar-refractivity contribution in [3.8, 4) is 0 Å². The van der Waals surface area contributed by atoms with Crippen molar-refractivity contribution >= 4 is 12.6 Å². The van der Waals surface area contributed by atoms with Gasteiger partial charge in [0.05, 0.1) is 0 Å². The van der Waals surface area contributed by atoms with E-state index in [0.29, 0.717) is 0 Å². The smallest absolute Gasteiger partial charge is 0.299 e. The second-order valence-electron chi connectivity index (χ2n) is 4.75. The lowest BCUT2D eigenvalue weighted by Crippen LogP contribution is -2.36. The lowest BCUT2D eigenvalue weighted by Gasteiger charge is -2.36. The second-order valence-corrected chi connectivity index (χ2v) is 5.07. The lowest BCUT2D eigenvalue weighted by atomic mass is 9.75. The van der Waals surface area contributed by atoms with Gasteiger partial charge in [-0.05, 0) is 30.1 Å². The average Bonchev–Trinajstić information content (AvgIpc) is 2.33. The monoisotopic (exact) mass is 238 g/mol. The molecule has 1 aliphatic rings. The molecule has 0 atom stereocenters. The maximum atomic E-state index is 11.6. The average molecular weight is 238 g/mol. The second kappa shape index (κ2) is 5.04. The first-order chi connectivity index (χ1) is 7.76. The zero-order valence-electron chi connectivity index (χ0n) is 9.43. The van der Waals surface area contributed by atoms with Gasteiger partial charge in [-0.15, -0.1) is 0 Å². The van der Waals surface area contributed by atoms with Crippen LogP contribution in [0, 0.1) is 5.41 Å². The SMILES string of the molecule is O=c1ncccn1CC1(CS)CCCCC1. The minimum atomic E-state index is -0.144. The molecule has 3 nitrogen and oxygen atoms in total. The summed E-state index contributed by atoms with van der Waals surface area (Å²) >= 11 is 4.48. The summed E-state index contributed by atoms with van der Waals surface area (Å²) in [7, 11) is 0. The van der Waals surface area contributed by atoms with Gasteiger partial charge in [0.1, 0.15) is 0 Å². The highest BCUT2D eigenvalue weighted by atomic mass is 32.1. The van der Waals surface area contributed by atoms with Gasteiger partial charge in [-0.2, -0.15) is 12.6 Å². The van der Waals surface area contributed by atoms with E-state index in [0.717, 1.165) is 12.3 Å². The topological polar surface area (TPSA) is 34.9 Å². The number of hydrogen-bond donors (Lipinski definition) is 1. The van der Waals surface area contributed by atoms with E-state index in [9.17, 15) is 4.79 Å². The molecule has 4 heteroatoms. The van der Waals surface area contributed by atoms with Crippen LogP contribution in [0.2, 0.25) is 0 Å². The van der Waals surface area contributed by atoms with Crippen LogP contribution in [-0.4, -0.2) is 15.3 Å². The van der Waals surface area contributed by atoms with Crippen LogP contribution in [0.25, 0.3) is 0 Å². The summed E-state index contributed by atoms with van der Waals surface area (Å²) < 4.78 is 1.72. The van der Waals surface area contributed by atoms with Crippen molar-refractivity contribution in [3.63, 3.8) is 0 Å². The van der Waals surface area contributed by atoms with Crippen LogP contribution >= 0.6 is 12.6 Å². The van der Waals surface area contributed by atoms with Crippen LogP contribution < -0.4 is 5.69 Å². The predicted octanol–water partition coefficient (Wildman–Crippen LogP) is 2.12. The maximum Gasteiger partial charge on any atom is 0.347 e. The van der Waals surface area contributed by atoms with Crippen molar-refractivity contribution in [2.45, 2.75) is 38.6 Å². The van der Waals surface area contributed by atoms with Crippen LogP contribution in [0.4, 0.5) is 0 Å². The Hall–Kier alpha value is -0.770. The largest absolute Gasteiger partial charge is 0.347 e. The van der Waals surface area contributed by atoms with E-state index in [-0.39, 0.29) is 11.1 Å². The van der Waals surface area contributed by atoms with Crippen molar-refractivity contribution < 1.29 is 0 Å². The Morgan fingerprint density at radius 2 is 2.12 bits per heavy atom. The fourth-order valence-corrected chi connectivity index (χ4v) is 2.95. The van der Waals surface area contributed by atoms with Crippen molar-refractivity contribution in [1.29, 1.82) is 0 Å². The highest BCUT2D eigenvalue weighted by molar-refractivity contribution is 7.80. The van der Waals surface area contributed by atoms with E-state index in [4.69, 9.17) is 0 Å². The van der Waals surface area contributed by atoms with Gasteiger partial charge in [0.2, 0.25) is 0 Å². The fourth-order valence-electron chi connectivity index (χ4n) is 2.54. The minimum absolute atomic E-state index is 0.144. The van der Waals surface area contributed by atoms with Gasteiger partial charge in [-0.25, -0.2) is 9.78 Å². The Kier molecular flexibility index (Phi) is 3.69. The number of hydrogen-bond acceptors (Lipinski definition) is 3. The van der Waals surface area contributed by atoms with Crippen LogP contribution in [0.5, 0.6) is 0 Å². The highest BCUT2D eigenvalue weighted by Gasteiger charge is 2.31. The summed E-state index contributed by atoms with van der Waals surface area (Å²) in [5.74, 6) is 0.855. The van der Waals surface area contributed by atoms with Crippen molar-refractivity contribution in [3.05, 3.63) is 28.9 Å². The van der Waals surface area contributed by atoms with Crippen LogP contribution in [0.3, 0.4) is 0 Å². The summed E-state index contributed by atoms with van der Waals surface area (Å²) in [5, 5.41) is 0. The van der Waals surface area contributed by atoms with Gasteiger partial charge in [0, 0.05) is 18.9 Å². The highest BCUT2D eigenvalue weighted by Crippen LogP contribution is 2.38. The molecule has 0 aliphatic heterocycles. The van der Waals surface area contributed by atoms with E-state index >= 15 is 0 Å². The van der Waals surface area contributed by atoms with E-state index in [2.05, 4.69) is 17.6 Å². The molecule has 1 fully saturated rings. The molecule has 0 aromatic carbocycles. The summed E-state index contributed by atoms with van der Waals surface area (Å²) in [6, 6.07) is 1.82. The third-order valence-corrected chi connectivity index (χ3v) is 4.21. The van der Waals surface area contributed by atoms with Gasteiger partial charge in [-0.3, -0.25) is 4.57 Å². The Morgan fingerprint density at radius 1 is 1.38 bits per heavy atom. The first-order valence-corrected chi connectivity index (χ1v) is 6.51. The molecule has 0 radical (unpaired) electrons. The van der Waals surface area contributed by atoms with Gasteiger partial charge in [0.25, 0.3) is 0 Å². The summed E-state index contributed by atoms with van der Waals surface area (Å²) in [4.78, 5) is 15.4. The number of aromatic nitrogens is 2. The van der Waals surface area contributed by atoms with E-state index in [1.54, 1.807) is 10.8 Å². The molecule has 1 heterocycles. The number of nitrogens with zero attached hydrogens (tertiary/aromatic N) is 2. The Morgan fingerprint density at radius 3 is 2.75 bits per heavy atom. The minimum Gasteiger partial charge on any atom is -0.299 e. The van der Waals surface area contributed by atoms with Gasteiger partial charge >= 0.3 is 5.69 Å². The fraction of sp³-hybridized carbons (Fsp3) is 0.667. The van der Waals surface area contributed by atoms with Crippen molar-refractivity contribution in [1.82, 2.24) is 9.55 Å². The van der Waals surface area contributed by atoms with E-state index in [1.165, 1.54) is 32.1 Å². The third-order valence-electron chi connectivity index (χ3n) is 3.54. The van der Waals surface area contributed by atoms with Gasteiger partial charge in [-0.1, -0.05) is 19.3 Å². The number of thiol groups is 1. The van der Waals surface area contributed by atoms with E-state index in [1.807, 2.05) is 12.3 Å². The van der Waals surface area contributed by atoms with Crippen LogP contribution in [-0.2, 0) is 6.54 Å². The Labute approximate surface area is 101 Å².